The maximum atomic E-state index is 5.98. The maximum absolute atomic E-state index is 5.98. The highest BCUT2D eigenvalue weighted by Crippen LogP contribution is 2.40. The van der Waals surface area contributed by atoms with E-state index >= 15 is 0 Å². The molecule has 2 aliphatic carbocycles. The molecule has 0 aromatic heterocycles. The van der Waals surface area contributed by atoms with Crippen LogP contribution < -0.4 is 5.32 Å². The average molecular weight is 279 g/mol. The summed E-state index contributed by atoms with van der Waals surface area (Å²) in [6.07, 6.45) is 11.6. The molecule has 1 N–H and O–H groups in total. The lowest BCUT2D eigenvalue weighted by Crippen LogP contribution is -2.43. The van der Waals surface area contributed by atoms with Crippen LogP contribution in [0.15, 0.2) is 0 Å². The monoisotopic (exact) mass is 279 g/mol. The predicted octanol–water partition coefficient (Wildman–Crippen LogP) is 4.14. The van der Waals surface area contributed by atoms with Crippen LogP contribution in [0, 0.1) is 17.3 Å². The van der Waals surface area contributed by atoms with Gasteiger partial charge in [0, 0.05) is 18.7 Å². The Morgan fingerprint density at radius 2 is 1.70 bits per heavy atom. The van der Waals surface area contributed by atoms with Crippen molar-refractivity contribution in [1.82, 2.24) is 5.32 Å². The minimum Gasteiger partial charge on any atom is -0.376 e. The van der Waals surface area contributed by atoms with E-state index in [4.69, 9.17) is 4.74 Å². The van der Waals surface area contributed by atoms with Crippen molar-refractivity contribution in [1.29, 1.82) is 0 Å². The molecule has 0 amide bonds. The predicted molar refractivity (Wildman–Crippen MR) is 83.8 cm³/mol. The lowest BCUT2D eigenvalue weighted by molar-refractivity contribution is 0.0782. The van der Waals surface area contributed by atoms with Gasteiger partial charge in [-0.2, -0.15) is 0 Å². The molecule has 4 atom stereocenters. The first-order valence-corrected chi connectivity index (χ1v) is 8.91. The molecule has 3 aliphatic rings. The second-order valence-electron chi connectivity index (χ2n) is 8.50. The van der Waals surface area contributed by atoms with Gasteiger partial charge in [0.25, 0.3) is 0 Å². The number of ether oxygens (including phenoxy) is 1. The third-order valence-electron chi connectivity index (χ3n) is 5.87. The van der Waals surface area contributed by atoms with E-state index in [-0.39, 0.29) is 0 Å². The van der Waals surface area contributed by atoms with Crippen LogP contribution in [-0.2, 0) is 4.74 Å². The van der Waals surface area contributed by atoms with E-state index in [1.807, 2.05) is 0 Å². The highest BCUT2D eigenvalue weighted by Gasteiger charge is 2.41. The van der Waals surface area contributed by atoms with Crippen LogP contribution in [0.25, 0.3) is 0 Å². The standard InChI is InChI=1S/C18H33NO/c1-18(2,3)14-5-4-6-15(10-9-14)19-16-11-12-20-17(16)13-7-8-13/h13-17,19H,4-12H2,1-3H3. The summed E-state index contributed by atoms with van der Waals surface area (Å²) in [5.41, 5.74) is 0.488. The van der Waals surface area contributed by atoms with Gasteiger partial charge >= 0.3 is 0 Å². The zero-order chi connectivity index (χ0) is 14.2. The molecule has 116 valence electrons. The van der Waals surface area contributed by atoms with Crippen molar-refractivity contribution >= 4 is 0 Å². The third-order valence-corrected chi connectivity index (χ3v) is 5.87. The minimum atomic E-state index is 0.488. The van der Waals surface area contributed by atoms with Gasteiger partial charge in [-0.05, 0) is 62.2 Å². The van der Waals surface area contributed by atoms with Gasteiger partial charge in [0.1, 0.15) is 0 Å². The Morgan fingerprint density at radius 3 is 2.40 bits per heavy atom. The topological polar surface area (TPSA) is 21.3 Å². The van der Waals surface area contributed by atoms with Gasteiger partial charge in [-0.3, -0.25) is 0 Å². The number of hydrogen-bond acceptors (Lipinski definition) is 2. The summed E-state index contributed by atoms with van der Waals surface area (Å²) in [4.78, 5) is 0. The zero-order valence-electron chi connectivity index (χ0n) is 13.7. The number of hydrogen-bond donors (Lipinski definition) is 1. The minimum absolute atomic E-state index is 0.488. The van der Waals surface area contributed by atoms with Crippen molar-refractivity contribution in [2.24, 2.45) is 17.3 Å². The van der Waals surface area contributed by atoms with Crippen molar-refractivity contribution in [3.8, 4) is 0 Å². The molecule has 0 radical (unpaired) electrons. The Kier molecular flexibility index (Phi) is 4.42. The lowest BCUT2D eigenvalue weighted by atomic mass is 9.76. The summed E-state index contributed by atoms with van der Waals surface area (Å²) >= 11 is 0. The molecule has 0 spiro atoms. The lowest BCUT2D eigenvalue weighted by Gasteiger charge is -2.30. The van der Waals surface area contributed by atoms with E-state index in [1.165, 1.54) is 51.4 Å². The summed E-state index contributed by atoms with van der Waals surface area (Å²) in [6, 6.07) is 1.40. The van der Waals surface area contributed by atoms with Gasteiger partial charge in [-0.15, -0.1) is 0 Å². The fraction of sp³-hybridized carbons (Fsp3) is 1.00. The number of nitrogens with one attached hydrogen (secondary N) is 1. The van der Waals surface area contributed by atoms with E-state index in [0.29, 0.717) is 17.6 Å². The van der Waals surface area contributed by atoms with Crippen molar-refractivity contribution < 1.29 is 4.74 Å². The molecule has 0 aromatic carbocycles. The van der Waals surface area contributed by atoms with E-state index in [2.05, 4.69) is 26.1 Å². The molecule has 0 aromatic rings. The zero-order valence-corrected chi connectivity index (χ0v) is 13.7. The smallest absolute Gasteiger partial charge is 0.0757 e. The molecule has 20 heavy (non-hydrogen) atoms. The van der Waals surface area contributed by atoms with Crippen LogP contribution in [0.4, 0.5) is 0 Å². The molecule has 3 fully saturated rings. The molecule has 1 saturated heterocycles. The Balaban J connectivity index is 1.51. The first kappa shape index (κ1) is 14.8. The first-order valence-electron chi connectivity index (χ1n) is 8.91. The van der Waals surface area contributed by atoms with E-state index in [0.717, 1.165) is 24.5 Å². The number of rotatable bonds is 3. The van der Waals surface area contributed by atoms with Crippen LogP contribution >= 0.6 is 0 Å². The van der Waals surface area contributed by atoms with E-state index < -0.39 is 0 Å². The second-order valence-corrected chi connectivity index (χ2v) is 8.50. The quantitative estimate of drug-likeness (QED) is 0.784. The summed E-state index contributed by atoms with van der Waals surface area (Å²) in [7, 11) is 0. The summed E-state index contributed by atoms with van der Waals surface area (Å²) < 4.78 is 5.98. The summed E-state index contributed by atoms with van der Waals surface area (Å²) in [6.45, 7) is 8.23. The Labute approximate surface area is 125 Å². The molecule has 1 aliphatic heterocycles. The molecule has 2 saturated carbocycles. The Morgan fingerprint density at radius 1 is 0.900 bits per heavy atom. The average Bonchev–Trinajstić information content (AvgIpc) is 3.15. The van der Waals surface area contributed by atoms with Gasteiger partial charge in [0.15, 0.2) is 0 Å². The van der Waals surface area contributed by atoms with Crippen LogP contribution in [0.1, 0.15) is 72.1 Å². The molecule has 0 bridgehead atoms. The van der Waals surface area contributed by atoms with Crippen LogP contribution in [0.2, 0.25) is 0 Å². The fourth-order valence-electron chi connectivity index (χ4n) is 4.32. The highest BCUT2D eigenvalue weighted by atomic mass is 16.5. The van der Waals surface area contributed by atoms with Crippen molar-refractivity contribution in [3.63, 3.8) is 0 Å². The van der Waals surface area contributed by atoms with E-state index in [1.54, 1.807) is 0 Å². The van der Waals surface area contributed by atoms with Gasteiger partial charge in [-0.1, -0.05) is 27.2 Å². The van der Waals surface area contributed by atoms with Crippen LogP contribution in [-0.4, -0.2) is 24.8 Å². The summed E-state index contributed by atoms with van der Waals surface area (Å²) in [5.74, 6) is 1.79. The highest BCUT2D eigenvalue weighted by molar-refractivity contribution is 4.95. The molecule has 4 unspecified atom stereocenters. The third kappa shape index (κ3) is 3.57. The second kappa shape index (κ2) is 5.96. The Bertz CT molecular complexity index is 318. The normalized spacial score (nSPS) is 39.8. The maximum Gasteiger partial charge on any atom is 0.0757 e. The molecule has 2 heteroatoms. The first-order chi connectivity index (χ1) is 9.54. The van der Waals surface area contributed by atoms with Crippen molar-refractivity contribution in [3.05, 3.63) is 0 Å². The summed E-state index contributed by atoms with van der Waals surface area (Å²) in [5, 5.41) is 3.98. The molecule has 3 rings (SSSR count). The SMILES string of the molecule is CC(C)(C)C1CCCC(NC2CCOC2C2CC2)CC1. The Hall–Kier alpha value is -0.0800. The van der Waals surface area contributed by atoms with Crippen molar-refractivity contribution in [2.45, 2.75) is 90.3 Å². The fourth-order valence-corrected chi connectivity index (χ4v) is 4.32. The van der Waals surface area contributed by atoms with Crippen LogP contribution in [0.3, 0.4) is 0 Å². The molecular formula is C18H33NO. The van der Waals surface area contributed by atoms with Gasteiger partial charge in [-0.25, -0.2) is 0 Å². The largest absolute Gasteiger partial charge is 0.376 e. The van der Waals surface area contributed by atoms with E-state index in [9.17, 15) is 0 Å². The molecule has 1 heterocycles. The molecular weight excluding hydrogens is 246 g/mol. The van der Waals surface area contributed by atoms with Crippen LogP contribution in [0.5, 0.6) is 0 Å². The van der Waals surface area contributed by atoms with Crippen molar-refractivity contribution in [2.75, 3.05) is 6.61 Å². The van der Waals surface area contributed by atoms with Gasteiger partial charge in [0.2, 0.25) is 0 Å². The van der Waals surface area contributed by atoms with Gasteiger partial charge < -0.3 is 10.1 Å². The van der Waals surface area contributed by atoms with Gasteiger partial charge in [0.05, 0.1) is 6.10 Å². The molecule has 2 nitrogen and oxygen atoms in total.